The highest BCUT2D eigenvalue weighted by Crippen LogP contribution is 2.38. The van der Waals surface area contributed by atoms with Gasteiger partial charge in [-0.15, -0.1) is 0 Å². The Morgan fingerprint density at radius 2 is 1.81 bits per heavy atom. The third-order valence-electron chi connectivity index (χ3n) is 5.49. The molecule has 8 nitrogen and oxygen atoms in total. The Morgan fingerprint density at radius 3 is 2.52 bits per heavy atom. The summed E-state index contributed by atoms with van der Waals surface area (Å²) in [6, 6.07) is 14.6. The van der Waals surface area contributed by atoms with Crippen molar-refractivity contribution in [3.05, 3.63) is 96.8 Å². The summed E-state index contributed by atoms with van der Waals surface area (Å²) < 4.78 is 11.9. The maximum Gasteiger partial charge on any atom is 0.435 e. The molecule has 0 radical (unpaired) electrons. The molecule has 0 aliphatic heterocycles. The van der Waals surface area contributed by atoms with Crippen LogP contribution >= 0.6 is 11.6 Å². The Hall–Kier alpha value is -3.78. The number of halogens is 1. The van der Waals surface area contributed by atoms with Gasteiger partial charge in [-0.1, -0.05) is 23.7 Å². The highest BCUT2D eigenvalue weighted by molar-refractivity contribution is 6.30. The van der Waals surface area contributed by atoms with E-state index in [1.54, 1.807) is 42.1 Å². The lowest BCUT2D eigenvalue weighted by Crippen LogP contribution is -2.38. The largest absolute Gasteiger partial charge is 0.497 e. The molecule has 5 rings (SSSR count). The van der Waals surface area contributed by atoms with E-state index in [1.165, 1.54) is 0 Å². The van der Waals surface area contributed by atoms with Gasteiger partial charge in [0.25, 0.3) is 5.56 Å². The number of ether oxygens (including phenoxy) is 1. The van der Waals surface area contributed by atoms with Crippen LogP contribution in [0.2, 0.25) is 5.02 Å². The molecule has 3 N–H and O–H groups in total. The molecule has 1 aliphatic rings. The molecule has 0 amide bonds. The average Bonchev–Trinajstić information content (AvgIpc) is 3.36. The fourth-order valence-corrected chi connectivity index (χ4v) is 4.13. The molecule has 2 heterocycles. The minimum Gasteiger partial charge on any atom is -0.497 e. The van der Waals surface area contributed by atoms with Crippen LogP contribution < -0.4 is 20.6 Å². The van der Waals surface area contributed by atoms with Crippen LogP contribution in [0.25, 0.3) is 17.3 Å². The first-order valence-corrected chi connectivity index (χ1v) is 9.98. The molecule has 156 valence electrons. The number of nitrogens with one attached hydrogen (secondary N) is 3. The summed E-state index contributed by atoms with van der Waals surface area (Å²) in [5.41, 5.74) is 3.30. The minimum atomic E-state index is -0.502. The summed E-state index contributed by atoms with van der Waals surface area (Å²) in [4.78, 5) is 25.1. The molecule has 0 unspecified atom stereocenters. The number of rotatable bonds is 4. The average molecular weight is 438 g/mol. The van der Waals surface area contributed by atoms with Crippen molar-refractivity contribution in [1.82, 2.24) is 15.5 Å². The topological polar surface area (TPSA) is 108 Å². The molecule has 0 spiro atoms. The van der Waals surface area contributed by atoms with Crippen LogP contribution in [-0.2, 0) is 0 Å². The molecule has 0 fully saturated rings. The molecule has 0 bridgehead atoms. The van der Waals surface area contributed by atoms with Crippen molar-refractivity contribution in [1.29, 1.82) is 0 Å². The van der Waals surface area contributed by atoms with E-state index in [0.29, 0.717) is 39.8 Å². The molecular weight excluding hydrogens is 420 g/mol. The first-order valence-electron chi connectivity index (χ1n) is 9.60. The Kier molecular flexibility index (Phi) is 4.63. The SMILES string of the molecule is COc1ccc(-[n+]2[nH]oc(=O)c2C2=Cc3[nH][nH]c(=O)c3[C@H](c3ccc(Cl)cc3)C2)cc1. The van der Waals surface area contributed by atoms with Gasteiger partial charge in [0.1, 0.15) is 5.75 Å². The van der Waals surface area contributed by atoms with Gasteiger partial charge in [-0.25, -0.2) is 4.79 Å². The van der Waals surface area contributed by atoms with Crippen molar-refractivity contribution in [2.45, 2.75) is 12.3 Å². The monoisotopic (exact) mass is 437 g/mol. The fourth-order valence-electron chi connectivity index (χ4n) is 4.00. The summed E-state index contributed by atoms with van der Waals surface area (Å²) in [6.45, 7) is 0. The van der Waals surface area contributed by atoms with Crippen molar-refractivity contribution in [3.63, 3.8) is 0 Å². The first kappa shape index (κ1) is 19.2. The van der Waals surface area contributed by atoms with Gasteiger partial charge in [-0.2, -0.15) is 0 Å². The zero-order chi connectivity index (χ0) is 21.5. The number of allylic oxidation sites excluding steroid dienone is 1. The molecule has 2 aromatic carbocycles. The van der Waals surface area contributed by atoms with Crippen LogP contribution in [0.5, 0.6) is 5.75 Å². The van der Waals surface area contributed by atoms with Crippen LogP contribution in [-0.4, -0.2) is 22.6 Å². The number of nitrogens with zero attached hydrogens (tertiary/aromatic N) is 1. The zero-order valence-electron chi connectivity index (χ0n) is 16.4. The van der Waals surface area contributed by atoms with Gasteiger partial charge in [0.2, 0.25) is 5.69 Å². The second-order valence-corrected chi connectivity index (χ2v) is 7.68. The highest BCUT2D eigenvalue weighted by atomic mass is 35.5. The predicted octanol–water partition coefficient (Wildman–Crippen LogP) is 3.00. The van der Waals surface area contributed by atoms with Crippen LogP contribution in [0.1, 0.15) is 34.9 Å². The maximum atomic E-state index is 12.7. The number of aromatic amines is 3. The van der Waals surface area contributed by atoms with Gasteiger partial charge in [0, 0.05) is 28.6 Å². The van der Waals surface area contributed by atoms with Crippen LogP contribution in [0, 0.1) is 0 Å². The van der Waals surface area contributed by atoms with E-state index in [-0.39, 0.29) is 11.5 Å². The van der Waals surface area contributed by atoms with E-state index in [2.05, 4.69) is 15.5 Å². The van der Waals surface area contributed by atoms with Gasteiger partial charge in [0.05, 0.1) is 18.4 Å². The van der Waals surface area contributed by atoms with E-state index in [9.17, 15) is 9.59 Å². The molecular formula is C22H18ClN4O4+. The van der Waals surface area contributed by atoms with E-state index in [1.807, 2.05) is 24.3 Å². The lowest BCUT2D eigenvalue weighted by atomic mass is 9.81. The number of methoxy groups -OCH3 is 1. The number of aromatic nitrogens is 4. The lowest BCUT2D eigenvalue weighted by molar-refractivity contribution is -0.672. The smallest absolute Gasteiger partial charge is 0.435 e. The molecule has 9 heteroatoms. The van der Waals surface area contributed by atoms with E-state index < -0.39 is 5.63 Å². The molecule has 0 saturated carbocycles. The Bertz CT molecular complexity index is 1390. The number of benzene rings is 2. The second-order valence-electron chi connectivity index (χ2n) is 7.25. The summed E-state index contributed by atoms with van der Waals surface area (Å²) in [7, 11) is 1.59. The summed E-state index contributed by atoms with van der Waals surface area (Å²) in [6.07, 6.45) is 2.24. The van der Waals surface area contributed by atoms with E-state index >= 15 is 0 Å². The van der Waals surface area contributed by atoms with Crippen molar-refractivity contribution in [2.75, 3.05) is 7.11 Å². The second kappa shape index (κ2) is 7.48. The molecule has 4 aromatic rings. The fraction of sp³-hybridized carbons (Fsp3) is 0.136. The van der Waals surface area contributed by atoms with Crippen molar-refractivity contribution < 1.29 is 13.9 Å². The quantitative estimate of drug-likeness (QED) is 0.426. The van der Waals surface area contributed by atoms with Gasteiger partial charge in [0.15, 0.2) is 0 Å². The van der Waals surface area contributed by atoms with Crippen molar-refractivity contribution >= 4 is 23.3 Å². The molecule has 2 aromatic heterocycles. The van der Waals surface area contributed by atoms with Gasteiger partial charge in [-0.3, -0.25) is 19.5 Å². The summed E-state index contributed by atoms with van der Waals surface area (Å²) >= 11 is 6.05. The number of H-pyrrole nitrogens is 3. The van der Waals surface area contributed by atoms with E-state index in [4.69, 9.17) is 20.9 Å². The zero-order valence-corrected chi connectivity index (χ0v) is 17.2. The predicted molar refractivity (Wildman–Crippen MR) is 115 cm³/mol. The van der Waals surface area contributed by atoms with Crippen LogP contribution in [0.4, 0.5) is 0 Å². The van der Waals surface area contributed by atoms with Gasteiger partial charge < -0.3 is 4.74 Å². The summed E-state index contributed by atoms with van der Waals surface area (Å²) in [5, 5.41) is 8.84. The van der Waals surface area contributed by atoms with E-state index in [0.717, 1.165) is 11.1 Å². The molecule has 31 heavy (non-hydrogen) atoms. The molecule has 1 aliphatic carbocycles. The molecule has 0 saturated heterocycles. The maximum absolute atomic E-state index is 12.7. The van der Waals surface area contributed by atoms with Gasteiger partial charge in [-0.05, 0) is 52.3 Å². The van der Waals surface area contributed by atoms with Gasteiger partial charge >= 0.3 is 11.3 Å². The first-order chi connectivity index (χ1) is 15.0. The highest BCUT2D eigenvalue weighted by Gasteiger charge is 2.35. The van der Waals surface area contributed by atoms with Crippen molar-refractivity contribution in [2.24, 2.45) is 0 Å². The third-order valence-corrected chi connectivity index (χ3v) is 5.74. The molecule has 1 atom stereocenters. The standard InChI is InChI=1S/C22H17ClN4O4/c1-30-16-8-6-15(7-9-16)27-20(22(29)31-26-27)13-10-17(12-2-4-14(23)5-3-12)19-18(11-13)24-25-21(19)28/h2-9,11,17,26H,10H2,1H3,(H,28,29)/p+1/t17-/m0/s1. The Balaban J connectivity index is 1.64. The number of fused-ring (bicyclic) bond motifs is 1. The summed E-state index contributed by atoms with van der Waals surface area (Å²) in [5.74, 6) is 0.451. The Labute approximate surface area is 180 Å². The Morgan fingerprint density at radius 1 is 1.06 bits per heavy atom. The minimum absolute atomic E-state index is 0.186. The van der Waals surface area contributed by atoms with Crippen LogP contribution in [0.3, 0.4) is 0 Å². The number of hydrogen-bond acceptors (Lipinski definition) is 4. The third kappa shape index (κ3) is 3.30. The number of hydrogen-bond donors (Lipinski definition) is 3. The van der Waals surface area contributed by atoms with Crippen LogP contribution in [0.15, 0.2) is 62.6 Å². The lowest BCUT2D eigenvalue weighted by Gasteiger charge is -2.20. The normalized spacial score (nSPS) is 15.4. The van der Waals surface area contributed by atoms with Crippen molar-refractivity contribution in [3.8, 4) is 11.4 Å².